The van der Waals surface area contributed by atoms with Gasteiger partial charge in [0.1, 0.15) is 5.69 Å². The van der Waals surface area contributed by atoms with Crippen LogP contribution in [0.5, 0.6) is 0 Å². The van der Waals surface area contributed by atoms with Crippen molar-refractivity contribution in [3.8, 4) is 0 Å². The average molecular weight is 393 g/mol. The lowest BCUT2D eigenvalue weighted by molar-refractivity contribution is -0.137. The van der Waals surface area contributed by atoms with E-state index >= 15 is 0 Å². The molecule has 1 aromatic heterocycles. The maximum atomic E-state index is 13.1. The van der Waals surface area contributed by atoms with Crippen LogP contribution in [0, 0.1) is 0 Å². The van der Waals surface area contributed by atoms with Crippen LogP contribution in [-0.4, -0.2) is 26.6 Å². The van der Waals surface area contributed by atoms with Gasteiger partial charge in [0, 0.05) is 18.7 Å². The Morgan fingerprint density at radius 2 is 2.00 bits per heavy atom. The maximum absolute atomic E-state index is 13.1. The largest absolute Gasteiger partial charge is 0.416 e. The summed E-state index contributed by atoms with van der Waals surface area (Å²) in [5.41, 5.74) is -0.493. The highest BCUT2D eigenvalue weighted by Gasteiger charge is 2.38. The highest BCUT2D eigenvalue weighted by atomic mass is 19.4. The third kappa shape index (κ3) is 4.26. The zero-order valence-corrected chi connectivity index (χ0v) is 15.7. The molecule has 8 heteroatoms. The smallest absolute Gasteiger partial charge is 0.328 e. The zero-order valence-electron chi connectivity index (χ0n) is 15.7. The van der Waals surface area contributed by atoms with Gasteiger partial charge < -0.3 is 4.90 Å². The number of hydrogen-bond acceptors (Lipinski definition) is 3. The van der Waals surface area contributed by atoms with Gasteiger partial charge in [-0.2, -0.15) is 18.3 Å². The monoisotopic (exact) mass is 393 g/mol. The van der Waals surface area contributed by atoms with Crippen molar-refractivity contribution in [2.24, 2.45) is 0 Å². The molecule has 1 atom stereocenters. The van der Waals surface area contributed by atoms with Gasteiger partial charge in [0.05, 0.1) is 11.6 Å². The minimum absolute atomic E-state index is 0.0367. The highest BCUT2D eigenvalue weighted by molar-refractivity contribution is 5.92. The summed E-state index contributed by atoms with van der Waals surface area (Å²) in [6, 6.07) is 7.14. The van der Waals surface area contributed by atoms with Crippen LogP contribution in [0.15, 0.2) is 41.2 Å². The van der Waals surface area contributed by atoms with Gasteiger partial charge in [0.15, 0.2) is 0 Å². The summed E-state index contributed by atoms with van der Waals surface area (Å²) in [6.45, 7) is 4.01. The highest BCUT2D eigenvalue weighted by Crippen LogP contribution is 2.37. The Bertz CT molecular complexity index is 919. The van der Waals surface area contributed by atoms with Crippen molar-refractivity contribution >= 4 is 5.91 Å². The molecule has 1 fully saturated rings. The summed E-state index contributed by atoms with van der Waals surface area (Å²) < 4.78 is 40.4. The topological polar surface area (TPSA) is 55.2 Å². The molecule has 5 nitrogen and oxygen atoms in total. The molecular formula is C20H22F3N3O2. The van der Waals surface area contributed by atoms with Crippen LogP contribution >= 0.6 is 0 Å². The van der Waals surface area contributed by atoms with E-state index in [0.717, 1.165) is 25.0 Å². The van der Waals surface area contributed by atoms with Gasteiger partial charge in [-0.25, -0.2) is 4.68 Å². The molecule has 0 N–H and O–H groups in total. The molecule has 150 valence electrons. The minimum atomic E-state index is -4.44. The van der Waals surface area contributed by atoms with Crippen LogP contribution in [0.3, 0.4) is 0 Å². The second-order valence-corrected chi connectivity index (χ2v) is 7.02. The van der Waals surface area contributed by atoms with Crippen molar-refractivity contribution in [2.45, 2.75) is 57.9 Å². The first kappa shape index (κ1) is 20.1. The first-order chi connectivity index (χ1) is 13.2. The van der Waals surface area contributed by atoms with E-state index in [0.29, 0.717) is 18.5 Å². The van der Waals surface area contributed by atoms with Crippen LogP contribution in [-0.2, 0) is 12.7 Å². The number of nitrogens with zero attached hydrogens (tertiary/aromatic N) is 3. The van der Waals surface area contributed by atoms with Gasteiger partial charge in [0.25, 0.3) is 11.5 Å². The second-order valence-electron chi connectivity index (χ2n) is 7.02. The fraction of sp³-hybridized carbons (Fsp3) is 0.450. The Hall–Kier alpha value is -2.64. The van der Waals surface area contributed by atoms with Gasteiger partial charge in [-0.1, -0.05) is 19.1 Å². The van der Waals surface area contributed by atoms with E-state index < -0.39 is 17.8 Å². The lowest BCUT2D eigenvalue weighted by Crippen LogP contribution is -2.37. The first-order valence-electron chi connectivity index (χ1n) is 9.30. The summed E-state index contributed by atoms with van der Waals surface area (Å²) in [5.74, 6) is -0.378. The molecule has 1 aliphatic carbocycles. The quantitative estimate of drug-likeness (QED) is 0.744. The molecule has 0 bridgehead atoms. The number of rotatable bonds is 6. The lowest BCUT2D eigenvalue weighted by atomic mass is 10.0. The van der Waals surface area contributed by atoms with Crippen LogP contribution in [0.2, 0.25) is 0 Å². The second kappa shape index (κ2) is 7.77. The molecule has 1 saturated carbocycles. The molecule has 0 aliphatic heterocycles. The molecular weight excluding hydrogens is 371 g/mol. The Balaban J connectivity index is 1.93. The van der Waals surface area contributed by atoms with Crippen LogP contribution in [0.1, 0.15) is 60.8 Å². The van der Waals surface area contributed by atoms with Gasteiger partial charge in [-0.3, -0.25) is 9.59 Å². The van der Waals surface area contributed by atoms with Gasteiger partial charge in [-0.05, 0) is 49.9 Å². The number of carbonyl (C=O) groups is 1. The third-order valence-electron chi connectivity index (χ3n) is 4.81. The molecule has 2 aromatic rings. The molecule has 0 spiro atoms. The SMILES string of the molecule is CCCn1nc(C(=O)N(C2CC2)[C@H](C)c2cccc(C(F)(F)F)c2)ccc1=O. The lowest BCUT2D eigenvalue weighted by Gasteiger charge is -2.30. The molecule has 1 aliphatic rings. The van der Waals surface area contributed by atoms with E-state index in [-0.39, 0.29) is 23.2 Å². The van der Waals surface area contributed by atoms with Crippen LogP contribution in [0.4, 0.5) is 13.2 Å². The molecule has 1 amide bonds. The molecule has 0 radical (unpaired) electrons. The zero-order chi connectivity index (χ0) is 20.5. The number of aryl methyl sites for hydroxylation is 1. The molecule has 28 heavy (non-hydrogen) atoms. The average Bonchev–Trinajstić information content (AvgIpc) is 3.48. The fourth-order valence-corrected chi connectivity index (χ4v) is 3.21. The Morgan fingerprint density at radius 1 is 1.29 bits per heavy atom. The predicted octanol–water partition coefficient (Wildman–Crippen LogP) is 4.04. The Kier molecular flexibility index (Phi) is 5.58. The van der Waals surface area contributed by atoms with Crippen molar-refractivity contribution < 1.29 is 18.0 Å². The third-order valence-corrected chi connectivity index (χ3v) is 4.81. The van der Waals surface area contributed by atoms with Gasteiger partial charge in [0.2, 0.25) is 0 Å². The molecule has 1 aromatic carbocycles. The fourth-order valence-electron chi connectivity index (χ4n) is 3.21. The summed E-state index contributed by atoms with van der Waals surface area (Å²) in [7, 11) is 0. The van der Waals surface area contributed by atoms with E-state index in [1.807, 2.05) is 6.92 Å². The number of benzene rings is 1. The minimum Gasteiger partial charge on any atom is -0.328 e. The number of halogens is 3. The van der Waals surface area contributed by atoms with E-state index in [2.05, 4.69) is 5.10 Å². The maximum Gasteiger partial charge on any atom is 0.416 e. The summed E-state index contributed by atoms with van der Waals surface area (Å²) >= 11 is 0. The summed E-state index contributed by atoms with van der Waals surface area (Å²) in [5, 5.41) is 4.16. The predicted molar refractivity (Wildman–Crippen MR) is 97.8 cm³/mol. The first-order valence-corrected chi connectivity index (χ1v) is 9.30. The van der Waals surface area contributed by atoms with Crippen molar-refractivity contribution in [3.63, 3.8) is 0 Å². The Labute approximate surface area is 160 Å². The number of alkyl halides is 3. The standard InChI is InChI=1S/C20H22F3N3O2/c1-3-11-25-18(27)10-9-17(24-25)19(28)26(16-7-8-16)13(2)14-5-4-6-15(12-14)20(21,22)23/h4-6,9-10,12-13,16H,3,7-8,11H2,1-2H3/t13-/m1/s1. The summed E-state index contributed by atoms with van der Waals surface area (Å²) in [6.07, 6.45) is -2.16. The van der Waals surface area contributed by atoms with Crippen LogP contribution in [0.25, 0.3) is 0 Å². The summed E-state index contributed by atoms with van der Waals surface area (Å²) in [4.78, 5) is 26.6. The van der Waals surface area contributed by atoms with Gasteiger partial charge in [-0.15, -0.1) is 0 Å². The number of hydrogen-bond donors (Lipinski definition) is 0. The number of amides is 1. The number of carbonyl (C=O) groups excluding carboxylic acids is 1. The van der Waals surface area contributed by atoms with Crippen LogP contribution < -0.4 is 5.56 Å². The van der Waals surface area contributed by atoms with Crippen molar-refractivity contribution in [1.82, 2.24) is 14.7 Å². The van der Waals surface area contributed by atoms with E-state index in [1.165, 1.54) is 22.9 Å². The van der Waals surface area contributed by atoms with Crippen molar-refractivity contribution in [2.75, 3.05) is 0 Å². The molecule has 1 heterocycles. The molecule has 3 rings (SSSR count). The van der Waals surface area contributed by atoms with Gasteiger partial charge >= 0.3 is 6.18 Å². The Morgan fingerprint density at radius 3 is 2.61 bits per heavy atom. The van der Waals surface area contributed by atoms with Crippen molar-refractivity contribution in [1.29, 1.82) is 0 Å². The molecule has 0 saturated heterocycles. The number of aromatic nitrogens is 2. The van der Waals surface area contributed by atoms with E-state index in [4.69, 9.17) is 0 Å². The van der Waals surface area contributed by atoms with Crippen molar-refractivity contribution in [3.05, 3.63) is 63.6 Å². The van der Waals surface area contributed by atoms with E-state index in [1.54, 1.807) is 17.9 Å². The normalized spacial score (nSPS) is 15.3. The van der Waals surface area contributed by atoms with E-state index in [9.17, 15) is 22.8 Å². The molecule has 0 unspecified atom stereocenters.